The van der Waals surface area contributed by atoms with Gasteiger partial charge in [0, 0.05) is 25.7 Å². The Kier molecular flexibility index (Phi) is 7.16. The molecule has 1 aliphatic heterocycles. The molecule has 1 aromatic carbocycles. The van der Waals surface area contributed by atoms with Crippen LogP contribution in [-0.2, 0) is 10.0 Å². The second-order valence-corrected chi connectivity index (χ2v) is 9.80. The van der Waals surface area contributed by atoms with Gasteiger partial charge in [0.2, 0.25) is 10.0 Å². The van der Waals surface area contributed by atoms with E-state index in [0.717, 1.165) is 6.42 Å². The number of carbonyl (C=O) groups excluding carboxylic acids is 1. The second kappa shape index (κ2) is 9.65. The van der Waals surface area contributed by atoms with Gasteiger partial charge in [0.05, 0.1) is 31.4 Å². The van der Waals surface area contributed by atoms with E-state index in [1.807, 2.05) is 13.8 Å². The molecule has 31 heavy (non-hydrogen) atoms. The minimum atomic E-state index is -3.73. The molecule has 1 aromatic heterocycles. The van der Waals surface area contributed by atoms with Gasteiger partial charge in [-0.2, -0.15) is 4.31 Å². The highest BCUT2D eigenvalue weighted by molar-refractivity contribution is 7.89. The minimum Gasteiger partial charge on any atom is -0.493 e. The van der Waals surface area contributed by atoms with Gasteiger partial charge < -0.3 is 14.8 Å². The molecule has 2 aromatic rings. The first-order valence-corrected chi connectivity index (χ1v) is 11.6. The van der Waals surface area contributed by atoms with Crippen LogP contribution < -0.4 is 14.8 Å². The lowest BCUT2D eigenvalue weighted by Crippen LogP contribution is -2.40. The van der Waals surface area contributed by atoms with E-state index in [2.05, 4.69) is 15.6 Å². The lowest BCUT2D eigenvalue weighted by molar-refractivity contribution is 0.0944. The lowest BCUT2D eigenvalue weighted by Gasteiger charge is -2.31. The molecule has 0 bridgehead atoms. The number of carbonyl (C=O) groups is 1. The van der Waals surface area contributed by atoms with Gasteiger partial charge in [-0.15, -0.1) is 5.10 Å². The quantitative estimate of drug-likeness (QED) is 0.649. The highest BCUT2D eigenvalue weighted by Gasteiger charge is 2.32. The monoisotopic (exact) mass is 451 g/mol. The summed E-state index contributed by atoms with van der Waals surface area (Å²) >= 11 is 0. The van der Waals surface area contributed by atoms with Gasteiger partial charge in [0.25, 0.3) is 5.91 Å². The summed E-state index contributed by atoms with van der Waals surface area (Å²) in [6.07, 6.45) is 2.99. The fourth-order valence-corrected chi connectivity index (χ4v) is 4.96. The van der Waals surface area contributed by atoms with Crippen LogP contribution in [0.2, 0.25) is 0 Å². The van der Waals surface area contributed by atoms with E-state index < -0.39 is 10.0 Å². The number of piperidine rings is 1. The lowest BCUT2D eigenvalue weighted by atomic mass is 10.1. The summed E-state index contributed by atoms with van der Waals surface area (Å²) in [6.45, 7) is 5.21. The summed E-state index contributed by atoms with van der Waals surface area (Å²) in [5.74, 6) is 0.854. The molecule has 1 unspecified atom stereocenters. The molecule has 0 aliphatic carbocycles. The topological polar surface area (TPSA) is 116 Å². The molecule has 1 saturated heterocycles. The maximum absolute atomic E-state index is 13.2. The third-order valence-electron chi connectivity index (χ3n) is 5.14. The molecule has 3 rings (SSSR count). The van der Waals surface area contributed by atoms with Gasteiger partial charge in [-0.3, -0.25) is 4.79 Å². The number of nitrogens with one attached hydrogen (secondary N) is 1. The zero-order valence-corrected chi connectivity index (χ0v) is 19.1. The van der Waals surface area contributed by atoms with Crippen molar-refractivity contribution in [2.24, 2.45) is 5.92 Å². The molecule has 0 radical (unpaired) electrons. The highest BCUT2D eigenvalue weighted by Crippen LogP contribution is 2.32. The molecule has 1 aliphatic rings. The average molecular weight is 452 g/mol. The molecule has 1 N–H and O–H groups in total. The number of ether oxygens (including phenoxy) is 2. The summed E-state index contributed by atoms with van der Waals surface area (Å²) < 4.78 is 39.9. The van der Waals surface area contributed by atoms with Gasteiger partial charge in [-0.05, 0) is 30.9 Å². The van der Waals surface area contributed by atoms with Crippen molar-refractivity contribution in [2.45, 2.75) is 37.6 Å². The molecule has 0 saturated carbocycles. The Bertz CT molecular complexity index is 1020. The van der Waals surface area contributed by atoms with Gasteiger partial charge in [0.1, 0.15) is 0 Å². The molecule has 170 valence electrons. The van der Waals surface area contributed by atoms with Gasteiger partial charge in [-0.25, -0.2) is 13.1 Å². The van der Waals surface area contributed by atoms with Crippen molar-refractivity contribution in [3.05, 3.63) is 30.1 Å². The molecule has 0 spiro atoms. The molecule has 2 heterocycles. The third kappa shape index (κ3) is 5.16. The Balaban J connectivity index is 1.75. The number of methoxy groups -OCH3 is 2. The summed E-state index contributed by atoms with van der Waals surface area (Å²) in [4.78, 5) is 12.3. The van der Waals surface area contributed by atoms with Crippen LogP contribution in [0.3, 0.4) is 0 Å². The van der Waals surface area contributed by atoms with Crippen molar-refractivity contribution in [1.82, 2.24) is 24.6 Å². The van der Waals surface area contributed by atoms with Gasteiger partial charge in [-0.1, -0.05) is 19.1 Å². The van der Waals surface area contributed by atoms with E-state index in [-0.39, 0.29) is 29.1 Å². The van der Waals surface area contributed by atoms with Crippen molar-refractivity contribution < 1.29 is 22.7 Å². The SMILES string of the molecule is COc1ccc(S(=O)(=O)N2CCCC(n3cc(C(=O)NCC(C)C)nn3)C2)cc1OC. The van der Waals surface area contributed by atoms with Crippen molar-refractivity contribution in [3.8, 4) is 11.5 Å². The fourth-order valence-electron chi connectivity index (χ4n) is 3.43. The Morgan fingerprint density at radius 3 is 2.68 bits per heavy atom. The number of nitrogens with zero attached hydrogens (tertiary/aromatic N) is 4. The number of hydrogen-bond acceptors (Lipinski definition) is 7. The van der Waals surface area contributed by atoms with Crippen LogP contribution >= 0.6 is 0 Å². The van der Waals surface area contributed by atoms with Gasteiger partial charge in [0.15, 0.2) is 17.2 Å². The van der Waals surface area contributed by atoms with Crippen LogP contribution in [0.5, 0.6) is 11.5 Å². The average Bonchev–Trinajstić information content (AvgIpc) is 3.27. The third-order valence-corrected chi connectivity index (χ3v) is 7.00. The first-order valence-electron chi connectivity index (χ1n) is 10.2. The number of sulfonamides is 1. The molecular formula is C20H29N5O5S. The number of rotatable bonds is 8. The molecule has 1 atom stereocenters. The minimum absolute atomic E-state index is 0.137. The Morgan fingerprint density at radius 1 is 1.26 bits per heavy atom. The second-order valence-electron chi connectivity index (χ2n) is 7.86. The summed E-state index contributed by atoms with van der Waals surface area (Å²) in [7, 11) is -0.771. The van der Waals surface area contributed by atoms with E-state index in [1.165, 1.54) is 30.7 Å². The Morgan fingerprint density at radius 2 is 2.00 bits per heavy atom. The smallest absolute Gasteiger partial charge is 0.273 e. The number of benzene rings is 1. The summed E-state index contributed by atoms with van der Waals surface area (Å²) in [5, 5.41) is 10.8. The number of amides is 1. The first-order chi connectivity index (χ1) is 14.8. The van der Waals surface area contributed by atoms with E-state index in [1.54, 1.807) is 16.9 Å². The van der Waals surface area contributed by atoms with Crippen molar-refractivity contribution in [2.75, 3.05) is 33.9 Å². The molecule has 1 fully saturated rings. The van der Waals surface area contributed by atoms with Crippen LogP contribution in [0.15, 0.2) is 29.3 Å². The predicted molar refractivity (Wildman–Crippen MR) is 114 cm³/mol. The van der Waals surface area contributed by atoms with Gasteiger partial charge >= 0.3 is 0 Å². The zero-order valence-electron chi connectivity index (χ0n) is 18.2. The van der Waals surface area contributed by atoms with Crippen molar-refractivity contribution in [1.29, 1.82) is 0 Å². The van der Waals surface area contributed by atoms with Crippen LogP contribution in [0.1, 0.15) is 43.2 Å². The van der Waals surface area contributed by atoms with E-state index in [9.17, 15) is 13.2 Å². The fraction of sp³-hybridized carbons (Fsp3) is 0.550. The van der Waals surface area contributed by atoms with E-state index in [0.29, 0.717) is 36.9 Å². The van der Waals surface area contributed by atoms with Crippen molar-refractivity contribution in [3.63, 3.8) is 0 Å². The van der Waals surface area contributed by atoms with Crippen LogP contribution in [-0.4, -0.2) is 67.5 Å². The first kappa shape index (κ1) is 23.0. The summed E-state index contributed by atoms with van der Waals surface area (Å²) in [5.41, 5.74) is 0.223. The standard InChI is InChI=1S/C20H29N5O5S/c1-14(2)11-21-20(26)17-13-25(23-22-17)15-6-5-9-24(12-15)31(27,28)16-7-8-18(29-3)19(10-16)30-4/h7-8,10,13-15H,5-6,9,11-12H2,1-4H3,(H,21,26). The molecule has 1 amide bonds. The number of hydrogen-bond donors (Lipinski definition) is 1. The normalized spacial score (nSPS) is 17.5. The molecular weight excluding hydrogens is 422 g/mol. The highest BCUT2D eigenvalue weighted by atomic mass is 32.2. The van der Waals surface area contributed by atoms with Crippen LogP contribution in [0.25, 0.3) is 0 Å². The van der Waals surface area contributed by atoms with Crippen LogP contribution in [0.4, 0.5) is 0 Å². The predicted octanol–water partition coefficient (Wildman–Crippen LogP) is 1.71. The Labute approximate surface area is 182 Å². The maximum atomic E-state index is 13.2. The maximum Gasteiger partial charge on any atom is 0.273 e. The van der Waals surface area contributed by atoms with E-state index >= 15 is 0 Å². The number of aromatic nitrogens is 3. The molecule has 10 nitrogen and oxygen atoms in total. The largest absolute Gasteiger partial charge is 0.493 e. The van der Waals surface area contributed by atoms with E-state index in [4.69, 9.17) is 9.47 Å². The zero-order chi connectivity index (χ0) is 22.6. The Hall–Kier alpha value is -2.66. The van der Waals surface area contributed by atoms with Crippen LogP contribution in [0, 0.1) is 5.92 Å². The van der Waals surface area contributed by atoms with Crippen molar-refractivity contribution >= 4 is 15.9 Å². The molecule has 11 heteroatoms. The summed E-state index contributed by atoms with van der Waals surface area (Å²) in [6, 6.07) is 4.34.